The van der Waals surface area contributed by atoms with Gasteiger partial charge in [0, 0.05) is 24.1 Å². The van der Waals surface area contributed by atoms with Gasteiger partial charge in [-0.15, -0.1) is 0 Å². The van der Waals surface area contributed by atoms with Crippen molar-refractivity contribution in [2.24, 2.45) is 5.11 Å². The molecule has 10 nitrogen and oxygen atoms in total. The Bertz CT molecular complexity index is 668. The van der Waals surface area contributed by atoms with Gasteiger partial charge in [-0.05, 0) is 30.5 Å². The third-order valence-electron chi connectivity index (χ3n) is 2.49. The van der Waals surface area contributed by atoms with Crippen LogP contribution in [0.2, 0.25) is 0 Å². The van der Waals surface area contributed by atoms with Crippen LogP contribution >= 0.6 is 0 Å². The Morgan fingerprint density at radius 1 is 1.43 bits per heavy atom. The van der Waals surface area contributed by atoms with Crippen molar-refractivity contribution >= 4 is 15.7 Å². The molecule has 1 rings (SSSR count). The minimum absolute atomic E-state index is 0.109. The summed E-state index contributed by atoms with van der Waals surface area (Å²) in [6.07, 6.45) is 0.973. The summed E-state index contributed by atoms with van der Waals surface area (Å²) in [7, 11) is -3.89. The molecule has 0 atom stereocenters. The Hall–Kier alpha value is -2.36. The fraction of sp³-hybridized carbons (Fsp3) is 0.400. The van der Waals surface area contributed by atoms with Gasteiger partial charge in [-0.1, -0.05) is 5.11 Å². The van der Waals surface area contributed by atoms with Gasteiger partial charge in [0.25, 0.3) is 0 Å². The van der Waals surface area contributed by atoms with Crippen molar-refractivity contribution < 1.29 is 18.4 Å². The fourth-order valence-corrected chi connectivity index (χ4v) is 2.55. The van der Waals surface area contributed by atoms with E-state index in [9.17, 15) is 23.6 Å². The summed E-state index contributed by atoms with van der Waals surface area (Å²) >= 11 is 0. The zero-order valence-corrected chi connectivity index (χ0v) is 11.7. The quantitative estimate of drug-likeness (QED) is 0.186. The van der Waals surface area contributed by atoms with E-state index in [1.807, 2.05) is 0 Å². The van der Waals surface area contributed by atoms with E-state index in [4.69, 9.17) is 5.53 Å². The summed E-state index contributed by atoms with van der Waals surface area (Å²) in [6.45, 7) is 0.376. The molecule has 0 heterocycles. The minimum atomic E-state index is -3.89. The third kappa shape index (κ3) is 4.91. The molecule has 0 fully saturated rings. The molecule has 0 aliphatic rings. The van der Waals surface area contributed by atoms with E-state index < -0.39 is 26.4 Å². The number of nitro benzene ring substituents is 1. The van der Waals surface area contributed by atoms with E-state index >= 15 is 0 Å². The molecule has 21 heavy (non-hydrogen) atoms. The number of aromatic hydroxyl groups is 1. The van der Waals surface area contributed by atoms with E-state index in [-0.39, 0.29) is 18.0 Å². The zero-order chi connectivity index (χ0) is 15.9. The molecule has 11 heteroatoms. The average molecular weight is 315 g/mol. The number of hydrogen-bond donors (Lipinski definition) is 2. The van der Waals surface area contributed by atoms with Crippen LogP contribution in [0.5, 0.6) is 5.75 Å². The van der Waals surface area contributed by atoms with Crippen molar-refractivity contribution in [2.75, 3.05) is 13.1 Å². The van der Waals surface area contributed by atoms with Crippen LogP contribution in [0.1, 0.15) is 12.8 Å². The van der Waals surface area contributed by atoms with Gasteiger partial charge >= 0.3 is 5.69 Å². The van der Waals surface area contributed by atoms with E-state index in [0.717, 1.165) is 18.2 Å². The number of nitrogens with zero attached hydrogens (tertiary/aromatic N) is 4. The summed E-state index contributed by atoms with van der Waals surface area (Å²) in [5, 5.41) is 23.2. The van der Waals surface area contributed by atoms with Gasteiger partial charge in [0.2, 0.25) is 10.0 Å². The molecule has 0 amide bonds. The molecule has 1 aromatic rings. The summed E-state index contributed by atoms with van der Waals surface area (Å²) in [5.74, 6) is -0.603. The van der Waals surface area contributed by atoms with Crippen LogP contribution in [0.4, 0.5) is 5.69 Å². The second-order valence-corrected chi connectivity index (χ2v) is 5.73. The van der Waals surface area contributed by atoms with Crippen molar-refractivity contribution in [3.8, 4) is 5.75 Å². The summed E-state index contributed by atoms with van der Waals surface area (Å²) < 4.78 is 26.1. The normalized spacial score (nSPS) is 10.9. The largest absolute Gasteiger partial charge is 0.502 e. The molecule has 0 saturated heterocycles. The Labute approximate surface area is 120 Å². The number of phenolic OH excluding ortho intramolecular Hbond substituents is 1. The zero-order valence-electron chi connectivity index (χ0n) is 10.8. The molecule has 0 saturated carbocycles. The second-order valence-electron chi connectivity index (χ2n) is 3.97. The van der Waals surface area contributed by atoms with Crippen molar-refractivity contribution in [2.45, 2.75) is 17.7 Å². The second kappa shape index (κ2) is 7.43. The molecule has 0 spiro atoms. The molecule has 0 unspecified atom stereocenters. The number of nitrogens with one attached hydrogen (secondary N) is 1. The molecule has 1 aromatic carbocycles. The lowest BCUT2D eigenvalue weighted by atomic mass is 10.3. The van der Waals surface area contributed by atoms with Gasteiger partial charge in [-0.25, -0.2) is 13.1 Å². The van der Waals surface area contributed by atoms with Gasteiger partial charge in [0.05, 0.1) is 9.82 Å². The average Bonchev–Trinajstić information content (AvgIpc) is 2.42. The van der Waals surface area contributed by atoms with E-state index in [1.165, 1.54) is 0 Å². The van der Waals surface area contributed by atoms with Crippen LogP contribution in [0.3, 0.4) is 0 Å². The van der Waals surface area contributed by atoms with Crippen LogP contribution in [0.15, 0.2) is 28.2 Å². The molecule has 0 radical (unpaired) electrons. The van der Waals surface area contributed by atoms with Crippen LogP contribution in [-0.4, -0.2) is 31.5 Å². The molecular weight excluding hydrogens is 302 g/mol. The Kier molecular flexibility index (Phi) is 5.91. The first-order valence-corrected chi connectivity index (χ1v) is 7.34. The lowest BCUT2D eigenvalue weighted by Gasteiger charge is -2.06. The highest BCUT2D eigenvalue weighted by atomic mass is 32.2. The number of phenols is 1. The van der Waals surface area contributed by atoms with Gasteiger partial charge in [0.15, 0.2) is 5.75 Å². The van der Waals surface area contributed by atoms with Crippen LogP contribution < -0.4 is 4.72 Å². The lowest BCUT2D eigenvalue weighted by molar-refractivity contribution is -0.386. The number of rotatable bonds is 8. The highest BCUT2D eigenvalue weighted by Crippen LogP contribution is 2.28. The van der Waals surface area contributed by atoms with E-state index in [1.54, 1.807) is 0 Å². The predicted octanol–water partition coefficient (Wildman–Crippen LogP) is 1.67. The number of nitro groups is 1. The lowest BCUT2D eigenvalue weighted by Crippen LogP contribution is -2.25. The molecule has 0 aromatic heterocycles. The summed E-state index contributed by atoms with van der Waals surface area (Å²) in [5.41, 5.74) is 7.39. The third-order valence-corrected chi connectivity index (χ3v) is 3.95. The maximum Gasteiger partial charge on any atom is 0.312 e. The Morgan fingerprint density at radius 3 is 2.76 bits per heavy atom. The molecule has 2 N–H and O–H groups in total. The van der Waals surface area contributed by atoms with Crippen molar-refractivity contribution in [1.29, 1.82) is 0 Å². The SMILES string of the molecule is [N-]=[N+]=NCCCCNS(=O)(=O)c1ccc(O)c([N+](=O)[O-])c1. The van der Waals surface area contributed by atoms with Gasteiger partial charge in [0.1, 0.15) is 0 Å². The van der Waals surface area contributed by atoms with Crippen LogP contribution in [0.25, 0.3) is 10.4 Å². The van der Waals surface area contributed by atoms with Crippen molar-refractivity contribution in [3.63, 3.8) is 0 Å². The molecular formula is C10H13N5O5S. The highest BCUT2D eigenvalue weighted by molar-refractivity contribution is 7.89. The number of hydrogen-bond acceptors (Lipinski definition) is 6. The van der Waals surface area contributed by atoms with E-state index in [0.29, 0.717) is 12.8 Å². The molecule has 0 aliphatic heterocycles. The topological polar surface area (TPSA) is 158 Å². The van der Waals surface area contributed by atoms with Crippen LogP contribution in [0, 0.1) is 10.1 Å². The minimum Gasteiger partial charge on any atom is -0.502 e. The number of benzene rings is 1. The maximum absolute atomic E-state index is 11.9. The number of unbranched alkanes of at least 4 members (excludes halogenated alkanes) is 1. The van der Waals surface area contributed by atoms with Crippen molar-refractivity contribution in [1.82, 2.24) is 4.72 Å². The summed E-state index contributed by atoms with van der Waals surface area (Å²) in [4.78, 5) is 12.0. The number of azide groups is 1. The number of sulfonamides is 1. The maximum atomic E-state index is 11.9. The highest BCUT2D eigenvalue weighted by Gasteiger charge is 2.20. The van der Waals surface area contributed by atoms with E-state index in [2.05, 4.69) is 14.7 Å². The predicted molar refractivity (Wildman–Crippen MR) is 73.2 cm³/mol. The van der Waals surface area contributed by atoms with Gasteiger partial charge < -0.3 is 5.11 Å². The molecule has 0 aliphatic carbocycles. The van der Waals surface area contributed by atoms with Crippen LogP contribution in [-0.2, 0) is 10.0 Å². The summed E-state index contributed by atoms with van der Waals surface area (Å²) in [6, 6.07) is 2.82. The Balaban J connectivity index is 2.72. The van der Waals surface area contributed by atoms with Gasteiger partial charge in [-0.3, -0.25) is 10.1 Å². The Morgan fingerprint density at radius 2 is 2.14 bits per heavy atom. The monoisotopic (exact) mass is 315 g/mol. The van der Waals surface area contributed by atoms with Crippen molar-refractivity contribution in [3.05, 3.63) is 38.8 Å². The smallest absolute Gasteiger partial charge is 0.312 e. The first-order chi connectivity index (χ1) is 9.88. The fourth-order valence-electron chi connectivity index (χ4n) is 1.46. The first-order valence-electron chi connectivity index (χ1n) is 5.86. The molecule has 0 bridgehead atoms. The van der Waals surface area contributed by atoms with Gasteiger partial charge in [-0.2, -0.15) is 0 Å². The standard InChI is InChI=1S/C10H13N5O5S/c11-14-12-5-1-2-6-13-21(19,20)8-3-4-10(16)9(7-8)15(17)18/h3-4,7,13,16H,1-2,5-6H2. The first kappa shape index (κ1) is 16.7. The molecule has 114 valence electrons.